The van der Waals surface area contributed by atoms with Crippen LogP contribution in [0.3, 0.4) is 0 Å². The lowest BCUT2D eigenvalue weighted by molar-refractivity contribution is -0.120. The first kappa shape index (κ1) is 22.0. The van der Waals surface area contributed by atoms with Crippen molar-refractivity contribution in [3.05, 3.63) is 88.0 Å². The molecular formula is C28H25N5O4. The molecule has 1 spiro atoms. The number of rotatable bonds is 4. The summed E-state index contributed by atoms with van der Waals surface area (Å²) in [6.07, 6.45) is 3.60. The van der Waals surface area contributed by atoms with Gasteiger partial charge in [-0.15, -0.1) is 0 Å². The molecule has 2 N–H and O–H groups in total. The normalized spacial score (nSPS) is 21.8. The Morgan fingerprint density at radius 1 is 1.08 bits per heavy atom. The van der Waals surface area contributed by atoms with Crippen LogP contribution in [0.1, 0.15) is 29.2 Å². The minimum Gasteiger partial charge on any atom is -0.379 e. The highest BCUT2D eigenvalue weighted by atomic mass is 16.5. The highest BCUT2D eigenvalue weighted by Gasteiger charge is 2.51. The maximum atomic E-state index is 13.3. The van der Waals surface area contributed by atoms with Crippen molar-refractivity contribution in [3.8, 4) is 0 Å². The lowest BCUT2D eigenvalue weighted by Crippen LogP contribution is -2.35. The predicted octanol–water partition coefficient (Wildman–Crippen LogP) is 2.79. The average Bonchev–Trinajstić information content (AvgIpc) is 3.66. The summed E-state index contributed by atoms with van der Waals surface area (Å²) in [6.45, 7) is 1.03. The topological polar surface area (TPSA) is 107 Å². The van der Waals surface area contributed by atoms with Crippen molar-refractivity contribution in [2.45, 2.75) is 37.3 Å². The van der Waals surface area contributed by atoms with Gasteiger partial charge in [0.2, 0.25) is 11.8 Å². The van der Waals surface area contributed by atoms with E-state index >= 15 is 0 Å². The number of anilines is 2. The number of amides is 2. The number of para-hydroxylation sites is 2. The van der Waals surface area contributed by atoms with E-state index in [9.17, 15) is 14.4 Å². The minimum atomic E-state index is -0.659. The zero-order valence-corrected chi connectivity index (χ0v) is 20.1. The van der Waals surface area contributed by atoms with Crippen LogP contribution in [0.5, 0.6) is 0 Å². The van der Waals surface area contributed by atoms with E-state index in [-0.39, 0.29) is 30.1 Å². The van der Waals surface area contributed by atoms with Crippen LogP contribution in [0.15, 0.2) is 65.6 Å². The van der Waals surface area contributed by atoms with Crippen LogP contribution in [-0.4, -0.2) is 39.1 Å². The second kappa shape index (κ2) is 8.14. The fourth-order valence-electron chi connectivity index (χ4n) is 6.15. The standard InChI is InChI=1S/C28H25N5O4/c34-24(15-32-22-5-1-2-6-23(22)33(27(32)36)20-9-11-37-16-20)30-19-8-7-17-13-28(14-18(17)12-19)21-4-3-10-29-25(21)31-26(28)35/h1-8,10,12,20H,9,11,13-16H2,(H,30,34)(H,29,31,35). The van der Waals surface area contributed by atoms with Crippen LogP contribution >= 0.6 is 0 Å². The molecule has 9 nitrogen and oxygen atoms in total. The Morgan fingerprint density at radius 2 is 1.92 bits per heavy atom. The van der Waals surface area contributed by atoms with E-state index in [4.69, 9.17) is 4.74 Å². The SMILES string of the molecule is O=C(Cn1c(=O)n(C2CCOC2)c2ccccc21)Nc1ccc2c(c1)CC1(C2)C(=O)Nc2ncccc21. The average molecular weight is 496 g/mol. The number of ether oxygens (including phenoxy) is 1. The Labute approximate surface area is 212 Å². The Balaban J connectivity index is 1.14. The first-order chi connectivity index (χ1) is 18.0. The molecule has 3 aliphatic rings. The summed E-state index contributed by atoms with van der Waals surface area (Å²) in [5.74, 6) is 0.308. The number of nitrogens with one attached hydrogen (secondary N) is 2. The molecule has 0 radical (unpaired) electrons. The number of aromatic nitrogens is 3. The lowest BCUT2D eigenvalue weighted by Gasteiger charge is -2.20. The number of benzene rings is 2. The van der Waals surface area contributed by atoms with Gasteiger partial charge < -0.3 is 15.4 Å². The van der Waals surface area contributed by atoms with E-state index in [2.05, 4.69) is 15.6 Å². The van der Waals surface area contributed by atoms with E-state index in [1.165, 1.54) is 4.57 Å². The first-order valence-electron chi connectivity index (χ1n) is 12.5. The van der Waals surface area contributed by atoms with Crippen molar-refractivity contribution >= 4 is 34.4 Å². The van der Waals surface area contributed by atoms with Gasteiger partial charge in [-0.25, -0.2) is 9.78 Å². The molecule has 1 saturated heterocycles. The van der Waals surface area contributed by atoms with Gasteiger partial charge in [0.15, 0.2) is 0 Å². The Morgan fingerprint density at radius 3 is 2.76 bits per heavy atom. The van der Waals surface area contributed by atoms with Crippen LogP contribution in [0.4, 0.5) is 11.5 Å². The van der Waals surface area contributed by atoms with Crippen molar-refractivity contribution in [2.75, 3.05) is 23.8 Å². The zero-order valence-electron chi connectivity index (χ0n) is 20.1. The largest absolute Gasteiger partial charge is 0.379 e. The fourth-order valence-corrected chi connectivity index (χ4v) is 6.15. The third kappa shape index (κ3) is 3.34. The molecule has 1 aliphatic carbocycles. The van der Waals surface area contributed by atoms with E-state index in [0.29, 0.717) is 37.6 Å². The highest BCUT2D eigenvalue weighted by Crippen LogP contribution is 2.46. The van der Waals surface area contributed by atoms with Crippen LogP contribution in [0, 0.1) is 0 Å². The van der Waals surface area contributed by atoms with E-state index < -0.39 is 5.41 Å². The molecule has 1 fully saturated rings. The molecule has 2 aromatic carbocycles. The number of carbonyl (C=O) groups is 2. The molecule has 37 heavy (non-hydrogen) atoms. The Kier molecular flexibility index (Phi) is 4.84. The summed E-state index contributed by atoms with van der Waals surface area (Å²) in [6, 6.07) is 17.1. The third-order valence-corrected chi connectivity index (χ3v) is 7.91. The van der Waals surface area contributed by atoms with E-state index in [1.807, 2.05) is 54.6 Å². The quantitative estimate of drug-likeness (QED) is 0.453. The van der Waals surface area contributed by atoms with Gasteiger partial charge in [-0.1, -0.05) is 24.3 Å². The maximum absolute atomic E-state index is 13.3. The highest BCUT2D eigenvalue weighted by molar-refractivity contribution is 6.06. The minimum absolute atomic E-state index is 0.0288. The maximum Gasteiger partial charge on any atom is 0.329 e. The summed E-state index contributed by atoms with van der Waals surface area (Å²) in [4.78, 5) is 43.7. The van der Waals surface area contributed by atoms with Crippen molar-refractivity contribution in [1.29, 1.82) is 0 Å². The molecule has 9 heteroatoms. The monoisotopic (exact) mass is 495 g/mol. The fraction of sp³-hybridized carbons (Fsp3) is 0.286. The lowest BCUT2D eigenvalue weighted by atomic mass is 9.79. The molecule has 186 valence electrons. The molecule has 4 heterocycles. The van der Waals surface area contributed by atoms with Gasteiger partial charge in [0.1, 0.15) is 12.4 Å². The van der Waals surface area contributed by atoms with Gasteiger partial charge in [-0.2, -0.15) is 0 Å². The van der Waals surface area contributed by atoms with Gasteiger partial charge in [-0.3, -0.25) is 18.7 Å². The molecule has 4 aromatic rings. The summed E-state index contributed by atoms with van der Waals surface area (Å²) in [5.41, 5.74) is 4.35. The number of fused-ring (bicyclic) bond motifs is 4. The predicted molar refractivity (Wildman–Crippen MR) is 138 cm³/mol. The van der Waals surface area contributed by atoms with Crippen molar-refractivity contribution < 1.29 is 14.3 Å². The van der Waals surface area contributed by atoms with Crippen LogP contribution < -0.4 is 16.3 Å². The summed E-state index contributed by atoms with van der Waals surface area (Å²) >= 11 is 0. The summed E-state index contributed by atoms with van der Waals surface area (Å²) < 4.78 is 8.79. The Bertz CT molecular complexity index is 1650. The van der Waals surface area contributed by atoms with Gasteiger partial charge in [0, 0.05) is 24.1 Å². The molecule has 2 atom stereocenters. The van der Waals surface area contributed by atoms with Crippen molar-refractivity contribution in [2.24, 2.45) is 0 Å². The number of hydrogen-bond acceptors (Lipinski definition) is 5. The van der Waals surface area contributed by atoms with E-state index in [1.54, 1.807) is 10.8 Å². The van der Waals surface area contributed by atoms with Crippen LogP contribution in [-0.2, 0) is 39.1 Å². The molecule has 0 saturated carbocycles. The molecule has 2 aliphatic heterocycles. The van der Waals surface area contributed by atoms with Gasteiger partial charge in [0.25, 0.3) is 0 Å². The van der Waals surface area contributed by atoms with Crippen molar-refractivity contribution in [1.82, 2.24) is 14.1 Å². The first-order valence-corrected chi connectivity index (χ1v) is 12.5. The zero-order chi connectivity index (χ0) is 25.1. The number of pyridine rings is 1. The number of hydrogen-bond donors (Lipinski definition) is 2. The number of nitrogens with zero attached hydrogens (tertiary/aromatic N) is 3. The molecule has 0 bridgehead atoms. The molecular weight excluding hydrogens is 470 g/mol. The third-order valence-electron chi connectivity index (χ3n) is 7.91. The van der Waals surface area contributed by atoms with Crippen LogP contribution in [0.2, 0.25) is 0 Å². The van der Waals surface area contributed by atoms with Crippen LogP contribution in [0.25, 0.3) is 11.0 Å². The molecule has 7 rings (SSSR count). The summed E-state index contributed by atoms with van der Waals surface area (Å²) in [5, 5.41) is 5.87. The molecule has 2 amide bonds. The summed E-state index contributed by atoms with van der Waals surface area (Å²) in [7, 11) is 0. The number of carbonyl (C=O) groups excluding carboxylic acids is 2. The van der Waals surface area contributed by atoms with Crippen molar-refractivity contribution in [3.63, 3.8) is 0 Å². The molecule has 2 aromatic heterocycles. The molecule has 2 unspecified atom stereocenters. The van der Waals surface area contributed by atoms with Gasteiger partial charge in [0.05, 0.1) is 29.1 Å². The van der Waals surface area contributed by atoms with E-state index in [0.717, 1.165) is 34.1 Å². The smallest absolute Gasteiger partial charge is 0.329 e. The Hall–Kier alpha value is -4.24. The van der Waals surface area contributed by atoms with Gasteiger partial charge >= 0.3 is 5.69 Å². The van der Waals surface area contributed by atoms with Gasteiger partial charge in [-0.05, 0) is 60.7 Å². The second-order valence-corrected chi connectivity index (χ2v) is 10.1. The number of imidazole rings is 1. The second-order valence-electron chi connectivity index (χ2n) is 10.1.